The van der Waals surface area contributed by atoms with E-state index in [1.807, 2.05) is 24.3 Å². The fraction of sp³-hybridized carbons (Fsp3) is 0.522. The summed E-state index contributed by atoms with van der Waals surface area (Å²) in [5.41, 5.74) is 2.99. The van der Waals surface area contributed by atoms with Crippen molar-refractivity contribution in [2.24, 2.45) is 11.8 Å². The van der Waals surface area contributed by atoms with Gasteiger partial charge >= 0.3 is 5.97 Å². The van der Waals surface area contributed by atoms with E-state index in [-0.39, 0.29) is 11.9 Å². The summed E-state index contributed by atoms with van der Waals surface area (Å²) in [7, 11) is 0. The van der Waals surface area contributed by atoms with Gasteiger partial charge in [0.25, 0.3) is 0 Å². The summed E-state index contributed by atoms with van der Waals surface area (Å²) < 4.78 is 5.49. The Morgan fingerprint density at radius 2 is 1.78 bits per heavy atom. The van der Waals surface area contributed by atoms with Crippen molar-refractivity contribution in [1.82, 2.24) is 9.97 Å². The van der Waals surface area contributed by atoms with Crippen LogP contribution in [0, 0.1) is 18.8 Å². The molecule has 1 aliphatic rings. The van der Waals surface area contributed by atoms with Gasteiger partial charge in [0.1, 0.15) is 0 Å². The molecule has 0 spiro atoms. The number of carbonyl (C=O) groups is 1. The van der Waals surface area contributed by atoms with Crippen LogP contribution in [-0.4, -0.2) is 15.9 Å². The number of hydrogen-bond acceptors (Lipinski definition) is 4. The number of rotatable bonds is 7. The van der Waals surface area contributed by atoms with Crippen molar-refractivity contribution >= 4 is 5.97 Å². The molecular weight excluding hydrogens is 336 g/mol. The van der Waals surface area contributed by atoms with E-state index in [1.165, 1.54) is 31.2 Å². The first-order valence-corrected chi connectivity index (χ1v) is 10.3. The lowest BCUT2D eigenvalue weighted by atomic mass is 9.80. The number of unbranched alkanes of at least 4 members (excludes halogenated alkanes) is 2. The largest absolute Gasteiger partial charge is 0.406 e. The third-order valence-corrected chi connectivity index (χ3v) is 5.58. The van der Waals surface area contributed by atoms with Gasteiger partial charge in [-0.1, -0.05) is 62.4 Å². The highest BCUT2D eigenvalue weighted by Crippen LogP contribution is 2.32. The SMILES string of the molecule is CCCCCC1CCC(C(=O)Oc2cnc(-c3ccc(C)cc3)cn2)CC1. The Balaban J connectivity index is 1.49. The number of aromatic nitrogens is 2. The number of ether oxygens (including phenoxy) is 1. The van der Waals surface area contributed by atoms with Crippen LogP contribution in [0.3, 0.4) is 0 Å². The fourth-order valence-corrected chi connectivity index (χ4v) is 3.80. The Bertz CT molecular complexity index is 717. The maximum atomic E-state index is 12.4. The van der Waals surface area contributed by atoms with Crippen molar-refractivity contribution in [2.45, 2.75) is 65.2 Å². The molecule has 0 N–H and O–H groups in total. The Hall–Kier alpha value is -2.23. The van der Waals surface area contributed by atoms with Gasteiger partial charge in [-0.15, -0.1) is 0 Å². The van der Waals surface area contributed by atoms with Gasteiger partial charge in [0.15, 0.2) is 0 Å². The number of esters is 1. The second-order valence-electron chi connectivity index (χ2n) is 7.74. The second-order valence-corrected chi connectivity index (χ2v) is 7.74. The van der Waals surface area contributed by atoms with E-state index in [9.17, 15) is 4.79 Å². The van der Waals surface area contributed by atoms with Gasteiger partial charge in [-0.3, -0.25) is 4.79 Å². The molecule has 0 atom stereocenters. The molecule has 144 valence electrons. The van der Waals surface area contributed by atoms with Crippen LogP contribution in [-0.2, 0) is 4.79 Å². The lowest BCUT2D eigenvalue weighted by Gasteiger charge is -2.27. The van der Waals surface area contributed by atoms with Gasteiger partial charge in [-0.05, 0) is 38.5 Å². The summed E-state index contributed by atoms with van der Waals surface area (Å²) >= 11 is 0. The molecule has 1 aliphatic carbocycles. The van der Waals surface area contributed by atoms with Crippen molar-refractivity contribution in [1.29, 1.82) is 0 Å². The quantitative estimate of drug-likeness (QED) is 0.463. The Kier molecular flexibility index (Phi) is 6.97. The number of nitrogens with zero attached hydrogens (tertiary/aromatic N) is 2. The molecule has 1 aromatic carbocycles. The first-order chi connectivity index (χ1) is 13.2. The van der Waals surface area contributed by atoms with E-state index < -0.39 is 0 Å². The van der Waals surface area contributed by atoms with Gasteiger partial charge in [-0.2, -0.15) is 0 Å². The zero-order valence-corrected chi connectivity index (χ0v) is 16.5. The molecule has 0 radical (unpaired) electrons. The van der Waals surface area contributed by atoms with Gasteiger partial charge in [0.05, 0.1) is 24.0 Å². The predicted octanol–water partition coefficient (Wildman–Crippen LogP) is 5.74. The maximum Gasteiger partial charge on any atom is 0.315 e. The molecule has 0 bridgehead atoms. The summed E-state index contributed by atoms with van der Waals surface area (Å²) in [4.78, 5) is 21.1. The minimum atomic E-state index is -0.153. The Morgan fingerprint density at radius 1 is 1.04 bits per heavy atom. The van der Waals surface area contributed by atoms with Crippen LogP contribution in [0.5, 0.6) is 5.88 Å². The van der Waals surface area contributed by atoms with Crippen LogP contribution < -0.4 is 4.74 Å². The number of benzene rings is 1. The molecule has 1 heterocycles. The maximum absolute atomic E-state index is 12.4. The second kappa shape index (κ2) is 9.63. The Morgan fingerprint density at radius 3 is 2.41 bits per heavy atom. The van der Waals surface area contributed by atoms with Crippen LogP contribution in [0.15, 0.2) is 36.7 Å². The number of hydrogen-bond donors (Lipinski definition) is 0. The zero-order valence-electron chi connectivity index (χ0n) is 16.5. The van der Waals surface area contributed by atoms with Gasteiger partial charge in [-0.25, -0.2) is 9.97 Å². The summed E-state index contributed by atoms with van der Waals surface area (Å²) in [6, 6.07) is 8.13. The van der Waals surface area contributed by atoms with Crippen LogP contribution in [0.25, 0.3) is 11.3 Å². The van der Waals surface area contributed by atoms with E-state index >= 15 is 0 Å². The molecule has 27 heavy (non-hydrogen) atoms. The normalized spacial score (nSPS) is 19.6. The molecule has 0 amide bonds. The first-order valence-electron chi connectivity index (χ1n) is 10.3. The minimum Gasteiger partial charge on any atom is -0.406 e. The summed E-state index contributed by atoms with van der Waals surface area (Å²) in [5.74, 6) is 0.931. The van der Waals surface area contributed by atoms with Gasteiger partial charge in [0.2, 0.25) is 5.88 Å². The molecule has 3 rings (SSSR count). The summed E-state index contributed by atoms with van der Waals surface area (Å²) in [5, 5.41) is 0. The smallest absolute Gasteiger partial charge is 0.315 e. The van der Waals surface area contributed by atoms with Crippen molar-refractivity contribution in [3.8, 4) is 17.1 Å². The number of aryl methyl sites for hydroxylation is 1. The summed E-state index contributed by atoms with van der Waals surface area (Å²) in [6.07, 6.45) is 12.6. The van der Waals surface area contributed by atoms with E-state index in [2.05, 4.69) is 23.8 Å². The molecular formula is C23H30N2O2. The monoisotopic (exact) mass is 366 g/mol. The minimum absolute atomic E-state index is 0.00556. The number of carbonyl (C=O) groups excluding carboxylic acids is 1. The van der Waals surface area contributed by atoms with Crippen molar-refractivity contribution < 1.29 is 9.53 Å². The van der Waals surface area contributed by atoms with Crippen LogP contribution in [0.4, 0.5) is 0 Å². The lowest BCUT2D eigenvalue weighted by molar-refractivity contribution is -0.140. The summed E-state index contributed by atoms with van der Waals surface area (Å²) in [6.45, 7) is 4.29. The molecule has 1 aromatic heterocycles. The highest BCUT2D eigenvalue weighted by atomic mass is 16.5. The molecule has 0 unspecified atom stereocenters. The molecule has 1 fully saturated rings. The molecule has 2 aromatic rings. The van der Waals surface area contributed by atoms with Gasteiger partial charge in [0, 0.05) is 5.56 Å². The molecule has 0 saturated heterocycles. The first kappa shape index (κ1) is 19.5. The highest BCUT2D eigenvalue weighted by Gasteiger charge is 2.27. The Labute approximate surface area is 162 Å². The lowest BCUT2D eigenvalue weighted by Crippen LogP contribution is -2.26. The molecule has 0 aliphatic heterocycles. The average Bonchev–Trinajstić information content (AvgIpc) is 2.70. The van der Waals surface area contributed by atoms with Crippen molar-refractivity contribution in [2.75, 3.05) is 0 Å². The van der Waals surface area contributed by atoms with E-state index in [1.54, 1.807) is 12.4 Å². The third kappa shape index (κ3) is 5.62. The molecule has 1 saturated carbocycles. The van der Waals surface area contributed by atoms with Crippen LogP contribution >= 0.6 is 0 Å². The van der Waals surface area contributed by atoms with Crippen LogP contribution in [0.2, 0.25) is 0 Å². The van der Waals surface area contributed by atoms with E-state index in [4.69, 9.17) is 4.74 Å². The molecule has 4 nitrogen and oxygen atoms in total. The zero-order chi connectivity index (χ0) is 19.1. The highest BCUT2D eigenvalue weighted by molar-refractivity contribution is 5.74. The van der Waals surface area contributed by atoms with Gasteiger partial charge < -0.3 is 4.74 Å². The predicted molar refractivity (Wildman–Crippen MR) is 107 cm³/mol. The van der Waals surface area contributed by atoms with Crippen molar-refractivity contribution in [3.05, 3.63) is 42.2 Å². The standard InChI is InChI=1S/C23H30N2O2/c1-3-4-5-6-18-9-13-20(14-10-18)23(26)27-22-16-24-21(15-25-22)19-11-7-17(2)8-12-19/h7-8,11-12,15-16,18,20H,3-6,9-10,13-14H2,1-2H3. The van der Waals surface area contributed by atoms with Crippen LogP contribution in [0.1, 0.15) is 63.9 Å². The third-order valence-electron chi connectivity index (χ3n) is 5.58. The average molecular weight is 367 g/mol. The topological polar surface area (TPSA) is 52.1 Å². The fourth-order valence-electron chi connectivity index (χ4n) is 3.80. The van der Waals surface area contributed by atoms with Crippen molar-refractivity contribution in [3.63, 3.8) is 0 Å². The molecule has 4 heteroatoms. The van der Waals surface area contributed by atoms with E-state index in [0.29, 0.717) is 5.88 Å². The van der Waals surface area contributed by atoms with E-state index in [0.717, 1.165) is 42.9 Å².